The van der Waals surface area contributed by atoms with Crippen LogP contribution in [-0.2, 0) is 9.47 Å². The Kier molecular flexibility index (Phi) is 7.77. The average molecular weight is 492 g/mol. The van der Waals surface area contributed by atoms with Crippen molar-refractivity contribution in [3.63, 3.8) is 0 Å². The molecule has 4 heterocycles. The van der Waals surface area contributed by atoms with E-state index in [1.165, 1.54) is 30.4 Å². The lowest BCUT2D eigenvalue weighted by Crippen LogP contribution is -2.41. The molecule has 3 aromatic rings. The Morgan fingerprint density at radius 1 is 1.11 bits per heavy atom. The number of ether oxygens (including phenoxy) is 2. The van der Waals surface area contributed by atoms with Crippen molar-refractivity contribution < 1.29 is 9.47 Å². The van der Waals surface area contributed by atoms with Gasteiger partial charge in [0, 0.05) is 47.5 Å². The number of aryl methyl sites for hydroxylation is 2. The van der Waals surface area contributed by atoms with Crippen LogP contribution in [0, 0.1) is 13.8 Å². The van der Waals surface area contributed by atoms with E-state index in [-0.39, 0.29) is 0 Å². The van der Waals surface area contributed by atoms with E-state index in [2.05, 4.69) is 44.5 Å². The summed E-state index contributed by atoms with van der Waals surface area (Å²) in [6.07, 6.45) is 5.49. The highest BCUT2D eigenvalue weighted by Gasteiger charge is 2.29. The number of hydrogen-bond donors (Lipinski definition) is 1. The highest BCUT2D eigenvalue weighted by Crippen LogP contribution is 2.34. The third-order valence-electron chi connectivity index (χ3n) is 7.19. The Hall–Kier alpha value is -2.33. The molecule has 0 spiro atoms. The highest BCUT2D eigenvalue weighted by molar-refractivity contribution is 6.08. The van der Waals surface area contributed by atoms with Gasteiger partial charge in [0.2, 0.25) is 0 Å². The SMILES string of the molecule is Cc1nc(NCCOCC[Si])cc(-n2ncc3cc(C)c(C4CCN(C5CCOC5)CC4)cc32)n1. The second kappa shape index (κ2) is 11.2. The molecule has 2 aromatic heterocycles. The molecule has 35 heavy (non-hydrogen) atoms. The van der Waals surface area contributed by atoms with Gasteiger partial charge in [0.25, 0.3) is 0 Å². The zero-order chi connectivity index (χ0) is 24.2. The largest absolute Gasteiger partial charge is 0.380 e. The topological polar surface area (TPSA) is 77.3 Å². The van der Waals surface area contributed by atoms with E-state index in [1.807, 2.05) is 23.9 Å². The normalized spacial score (nSPS) is 19.6. The number of anilines is 1. The fourth-order valence-electron chi connectivity index (χ4n) is 5.39. The minimum atomic E-state index is 0.574. The summed E-state index contributed by atoms with van der Waals surface area (Å²) in [5, 5.41) is 9.19. The molecule has 2 aliphatic heterocycles. The number of rotatable bonds is 9. The lowest BCUT2D eigenvalue weighted by atomic mass is 9.86. The van der Waals surface area contributed by atoms with E-state index in [0.29, 0.717) is 37.5 Å². The number of likely N-dealkylation sites (tertiary alicyclic amines) is 1. The van der Waals surface area contributed by atoms with Crippen LogP contribution >= 0.6 is 0 Å². The quantitative estimate of drug-likeness (QED) is 0.363. The molecule has 5 rings (SSSR count). The van der Waals surface area contributed by atoms with Gasteiger partial charge in [-0.15, -0.1) is 0 Å². The number of hydrogen-bond acceptors (Lipinski definition) is 7. The molecule has 2 saturated heterocycles. The fourth-order valence-corrected chi connectivity index (χ4v) is 5.53. The molecule has 1 N–H and O–H groups in total. The first-order chi connectivity index (χ1) is 17.1. The number of benzene rings is 1. The Balaban J connectivity index is 1.35. The number of nitrogens with zero attached hydrogens (tertiary/aromatic N) is 5. The number of fused-ring (bicyclic) bond motifs is 1. The maximum absolute atomic E-state index is 5.62. The van der Waals surface area contributed by atoms with Gasteiger partial charge < -0.3 is 14.8 Å². The van der Waals surface area contributed by atoms with E-state index < -0.39 is 0 Å². The van der Waals surface area contributed by atoms with Gasteiger partial charge in [0.05, 0.1) is 24.9 Å². The van der Waals surface area contributed by atoms with Gasteiger partial charge in [-0.25, -0.2) is 14.6 Å². The summed E-state index contributed by atoms with van der Waals surface area (Å²) >= 11 is 0. The van der Waals surface area contributed by atoms with Crippen molar-refractivity contribution in [2.45, 2.75) is 51.1 Å². The maximum atomic E-state index is 5.62. The van der Waals surface area contributed by atoms with E-state index in [1.54, 1.807) is 0 Å². The van der Waals surface area contributed by atoms with Gasteiger partial charge in [-0.05, 0) is 81.4 Å². The zero-order valence-corrected chi connectivity index (χ0v) is 21.8. The van der Waals surface area contributed by atoms with Crippen LogP contribution in [0.15, 0.2) is 24.4 Å². The van der Waals surface area contributed by atoms with E-state index in [0.717, 1.165) is 54.9 Å². The van der Waals surface area contributed by atoms with E-state index in [9.17, 15) is 0 Å². The summed E-state index contributed by atoms with van der Waals surface area (Å²) < 4.78 is 13.1. The molecule has 0 saturated carbocycles. The minimum absolute atomic E-state index is 0.574. The summed E-state index contributed by atoms with van der Waals surface area (Å²) in [7, 11) is 3.42. The Labute approximate surface area is 210 Å². The molecule has 0 aliphatic carbocycles. The van der Waals surface area contributed by atoms with Crippen LogP contribution in [-0.4, -0.2) is 87.0 Å². The van der Waals surface area contributed by atoms with Gasteiger partial charge in [-0.3, -0.25) is 4.90 Å². The van der Waals surface area contributed by atoms with Crippen LogP contribution in [0.1, 0.15) is 42.1 Å². The Bertz CT molecular complexity index is 1140. The monoisotopic (exact) mass is 491 g/mol. The first-order valence-electron chi connectivity index (χ1n) is 12.7. The van der Waals surface area contributed by atoms with Crippen LogP contribution in [0.3, 0.4) is 0 Å². The van der Waals surface area contributed by atoms with Gasteiger partial charge in [0.15, 0.2) is 5.82 Å². The molecular formula is C26H35N6O2Si. The first kappa shape index (κ1) is 24.4. The predicted octanol–water partition coefficient (Wildman–Crippen LogP) is 3.42. The first-order valence-corrected chi connectivity index (χ1v) is 13.5. The van der Waals surface area contributed by atoms with E-state index in [4.69, 9.17) is 19.6 Å². The van der Waals surface area contributed by atoms with Gasteiger partial charge in [0.1, 0.15) is 11.6 Å². The van der Waals surface area contributed by atoms with Crippen LogP contribution in [0.4, 0.5) is 5.82 Å². The molecule has 0 bridgehead atoms. The third kappa shape index (κ3) is 5.58. The number of nitrogens with one attached hydrogen (secondary N) is 1. The second-order valence-corrected chi connectivity index (χ2v) is 10.1. The van der Waals surface area contributed by atoms with Gasteiger partial charge in [-0.2, -0.15) is 5.10 Å². The van der Waals surface area contributed by atoms with Gasteiger partial charge >= 0.3 is 0 Å². The fraction of sp³-hybridized carbons (Fsp3) is 0.577. The van der Waals surface area contributed by atoms with Crippen molar-refractivity contribution in [2.24, 2.45) is 0 Å². The summed E-state index contributed by atoms with van der Waals surface area (Å²) in [4.78, 5) is 11.9. The maximum Gasteiger partial charge on any atom is 0.159 e. The van der Waals surface area contributed by atoms with Gasteiger partial charge in [-0.1, -0.05) is 0 Å². The lowest BCUT2D eigenvalue weighted by Gasteiger charge is -2.36. The molecule has 1 unspecified atom stereocenters. The number of aromatic nitrogens is 4. The van der Waals surface area contributed by atoms with Crippen molar-refractivity contribution in [2.75, 3.05) is 51.4 Å². The van der Waals surface area contributed by atoms with Crippen molar-refractivity contribution in [1.82, 2.24) is 24.6 Å². The smallest absolute Gasteiger partial charge is 0.159 e. The molecule has 9 heteroatoms. The third-order valence-corrected chi connectivity index (χ3v) is 7.39. The van der Waals surface area contributed by atoms with Crippen LogP contribution < -0.4 is 5.32 Å². The summed E-state index contributed by atoms with van der Waals surface area (Å²) in [6, 6.07) is 8.03. The molecule has 1 aromatic carbocycles. The van der Waals surface area contributed by atoms with Crippen molar-refractivity contribution in [3.05, 3.63) is 41.3 Å². The van der Waals surface area contributed by atoms with Crippen molar-refractivity contribution in [1.29, 1.82) is 0 Å². The van der Waals surface area contributed by atoms with Crippen molar-refractivity contribution in [3.8, 4) is 5.82 Å². The molecular weight excluding hydrogens is 456 g/mol. The molecule has 2 fully saturated rings. The Morgan fingerprint density at radius 2 is 1.97 bits per heavy atom. The predicted molar refractivity (Wildman–Crippen MR) is 139 cm³/mol. The lowest BCUT2D eigenvalue weighted by molar-refractivity contribution is 0.122. The molecule has 3 radical (unpaired) electrons. The highest BCUT2D eigenvalue weighted by atomic mass is 28.1. The molecule has 185 valence electrons. The van der Waals surface area contributed by atoms with Crippen LogP contribution in [0.5, 0.6) is 0 Å². The summed E-state index contributed by atoms with van der Waals surface area (Å²) in [6.45, 7) is 10.3. The number of piperidine rings is 1. The Morgan fingerprint density at radius 3 is 2.74 bits per heavy atom. The summed E-state index contributed by atoms with van der Waals surface area (Å²) in [5.74, 6) is 2.85. The standard InChI is InChI=1S/C26H35N6O2Si/c1-18-13-21-16-28-32(26-15-25(29-19(2)30-26)27-6-10-33-11-12-35)24(21)14-23(18)20-3-7-31(8-4-20)22-5-9-34-17-22/h13-16,20,22H,3-12,17H2,1-2H3,(H,27,29,30). The van der Waals surface area contributed by atoms with E-state index >= 15 is 0 Å². The second-order valence-electron chi connectivity index (χ2n) is 9.60. The average Bonchev–Trinajstić information content (AvgIpc) is 3.53. The van der Waals surface area contributed by atoms with Crippen LogP contribution in [0.2, 0.25) is 6.04 Å². The molecule has 8 nitrogen and oxygen atoms in total. The zero-order valence-electron chi connectivity index (χ0n) is 20.8. The molecule has 2 aliphatic rings. The van der Waals surface area contributed by atoms with Crippen molar-refractivity contribution >= 4 is 27.0 Å². The molecule has 0 amide bonds. The van der Waals surface area contributed by atoms with Crippen LogP contribution in [0.25, 0.3) is 16.7 Å². The molecule has 1 atom stereocenters. The summed E-state index contributed by atoms with van der Waals surface area (Å²) in [5.41, 5.74) is 3.89. The minimum Gasteiger partial charge on any atom is -0.380 e.